The molecule has 1 fully saturated rings. The van der Waals surface area contributed by atoms with E-state index in [4.69, 9.17) is 10.5 Å². The van der Waals surface area contributed by atoms with E-state index in [9.17, 15) is 13.2 Å². The number of aliphatic imine (C=N–C) groups is 1. The highest BCUT2D eigenvalue weighted by atomic mass is 127. The van der Waals surface area contributed by atoms with Crippen molar-refractivity contribution in [2.45, 2.75) is 44.6 Å². The van der Waals surface area contributed by atoms with E-state index in [0.717, 1.165) is 32.3 Å². The van der Waals surface area contributed by atoms with E-state index in [1.807, 2.05) is 0 Å². The first-order chi connectivity index (χ1) is 11.4. The Balaban J connectivity index is 0.00000312. The van der Waals surface area contributed by atoms with Crippen LogP contribution >= 0.6 is 24.0 Å². The lowest BCUT2D eigenvalue weighted by Gasteiger charge is -2.22. The standard InChI is InChI=1S/C16H22F3N3O2.HI/c17-16(18,19)24-14-8-6-12(7-9-14)22-15(20)21-10-3-5-13-4-1-2-11-23-13;/h6-9,13H,1-5,10-11H2,(H3,20,21,22);1H. The van der Waals surface area contributed by atoms with Crippen LogP contribution in [0.4, 0.5) is 18.9 Å². The van der Waals surface area contributed by atoms with Gasteiger partial charge in [-0.25, -0.2) is 0 Å². The van der Waals surface area contributed by atoms with Gasteiger partial charge in [0, 0.05) is 18.8 Å². The predicted molar refractivity (Wildman–Crippen MR) is 101 cm³/mol. The molecule has 142 valence electrons. The molecule has 0 aromatic heterocycles. The van der Waals surface area contributed by atoms with Crippen LogP contribution < -0.4 is 15.8 Å². The molecule has 0 amide bonds. The van der Waals surface area contributed by atoms with Gasteiger partial charge in [-0.3, -0.25) is 4.99 Å². The minimum absolute atomic E-state index is 0. The molecule has 1 saturated heterocycles. The number of anilines is 1. The number of rotatable bonds is 6. The molecule has 1 aliphatic heterocycles. The number of nitrogens with one attached hydrogen (secondary N) is 1. The molecule has 1 aromatic carbocycles. The third-order valence-corrected chi connectivity index (χ3v) is 3.60. The van der Waals surface area contributed by atoms with Crippen molar-refractivity contribution in [2.24, 2.45) is 10.7 Å². The quantitative estimate of drug-likeness (QED) is 0.280. The van der Waals surface area contributed by atoms with Crippen LogP contribution in [-0.2, 0) is 4.74 Å². The van der Waals surface area contributed by atoms with Gasteiger partial charge in [-0.1, -0.05) is 0 Å². The van der Waals surface area contributed by atoms with E-state index in [1.165, 1.54) is 30.7 Å². The lowest BCUT2D eigenvalue weighted by atomic mass is 10.1. The van der Waals surface area contributed by atoms with E-state index in [0.29, 0.717) is 18.3 Å². The number of nitrogens with zero attached hydrogens (tertiary/aromatic N) is 1. The Morgan fingerprint density at radius 3 is 2.60 bits per heavy atom. The summed E-state index contributed by atoms with van der Waals surface area (Å²) >= 11 is 0. The number of guanidine groups is 1. The average Bonchev–Trinajstić information content (AvgIpc) is 2.53. The Labute approximate surface area is 162 Å². The maximum Gasteiger partial charge on any atom is 0.573 e. The molecular weight excluding hydrogens is 450 g/mol. The molecule has 0 spiro atoms. The molecule has 5 nitrogen and oxygen atoms in total. The zero-order valence-electron chi connectivity index (χ0n) is 13.7. The molecule has 1 atom stereocenters. The van der Waals surface area contributed by atoms with Gasteiger partial charge < -0.3 is 20.5 Å². The van der Waals surface area contributed by atoms with Gasteiger partial charge in [-0.2, -0.15) is 0 Å². The van der Waals surface area contributed by atoms with Gasteiger partial charge >= 0.3 is 6.36 Å². The topological polar surface area (TPSA) is 68.9 Å². The summed E-state index contributed by atoms with van der Waals surface area (Å²) in [5, 5.41) is 2.83. The Bertz CT molecular complexity index is 532. The molecule has 1 aromatic rings. The number of hydrogen-bond acceptors (Lipinski definition) is 3. The summed E-state index contributed by atoms with van der Waals surface area (Å²) in [6.07, 6.45) is 0.918. The van der Waals surface area contributed by atoms with E-state index >= 15 is 0 Å². The highest BCUT2D eigenvalue weighted by Crippen LogP contribution is 2.23. The van der Waals surface area contributed by atoms with Crippen molar-refractivity contribution in [3.05, 3.63) is 24.3 Å². The van der Waals surface area contributed by atoms with Crippen molar-refractivity contribution in [3.63, 3.8) is 0 Å². The Morgan fingerprint density at radius 2 is 2.00 bits per heavy atom. The van der Waals surface area contributed by atoms with Crippen molar-refractivity contribution in [2.75, 3.05) is 18.5 Å². The van der Waals surface area contributed by atoms with Crippen molar-refractivity contribution in [1.82, 2.24) is 0 Å². The van der Waals surface area contributed by atoms with Crippen LogP contribution in [0.15, 0.2) is 29.3 Å². The second-order valence-corrected chi connectivity index (χ2v) is 5.59. The van der Waals surface area contributed by atoms with Crippen LogP contribution in [-0.4, -0.2) is 31.6 Å². The number of ether oxygens (including phenoxy) is 2. The minimum atomic E-state index is -4.70. The summed E-state index contributed by atoms with van der Waals surface area (Å²) < 4.78 is 45.7. The molecule has 25 heavy (non-hydrogen) atoms. The summed E-state index contributed by atoms with van der Waals surface area (Å²) in [5.74, 6) is -0.0555. The molecule has 3 N–H and O–H groups in total. The van der Waals surface area contributed by atoms with Gasteiger partial charge in [-0.15, -0.1) is 37.1 Å². The molecule has 1 unspecified atom stereocenters. The number of halogens is 4. The maximum atomic E-state index is 12.1. The first kappa shape index (κ1) is 21.8. The second kappa shape index (κ2) is 10.7. The number of hydrogen-bond donors (Lipinski definition) is 2. The van der Waals surface area contributed by atoms with E-state index in [2.05, 4.69) is 15.0 Å². The van der Waals surface area contributed by atoms with E-state index in [1.54, 1.807) is 0 Å². The van der Waals surface area contributed by atoms with Gasteiger partial charge in [0.15, 0.2) is 5.96 Å². The van der Waals surface area contributed by atoms with Crippen LogP contribution in [0.25, 0.3) is 0 Å². The van der Waals surface area contributed by atoms with Crippen molar-refractivity contribution >= 4 is 35.6 Å². The molecule has 2 rings (SSSR count). The van der Waals surface area contributed by atoms with Gasteiger partial charge in [0.1, 0.15) is 5.75 Å². The first-order valence-corrected chi connectivity index (χ1v) is 7.97. The molecule has 1 aliphatic rings. The lowest BCUT2D eigenvalue weighted by Crippen LogP contribution is -2.23. The summed E-state index contributed by atoms with van der Waals surface area (Å²) in [7, 11) is 0. The average molecular weight is 473 g/mol. The SMILES string of the molecule is I.NC(=NCCCC1CCCCO1)Nc1ccc(OC(F)(F)F)cc1. The van der Waals surface area contributed by atoms with Gasteiger partial charge in [0.25, 0.3) is 0 Å². The monoisotopic (exact) mass is 473 g/mol. The Hall–Kier alpha value is -1.23. The normalized spacial score (nSPS) is 18.4. The number of benzene rings is 1. The smallest absolute Gasteiger partial charge is 0.406 e. The summed E-state index contributed by atoms with van der Waals surface area (Å²) in [5.41, 5.74) is 6.30. The van der Waals surface area contributed by atoms with Gasteiger partial charge in [-0.05, 0) is 56.4 Å². The van der Waals surface area contributed by atoms with Crippen molar-refractivity contribution in [3.8, 4) is 5.75 Å². The molecule has 0 radical (unpaired) electrons. The summed E-state index contributed by atoms with van der Waals surface area (Å²) in [4.78, 5) is 4.20. The van der Waals surface area contributed by atoms with Crippen LogP contribution in [0.3, 0.4) is 0 Å². The Morgan fingerprint density at radius 1 is 1.28 bits per heavy atom. The second-order valence-electron chi connectivity index (χ2n) is 5.59. The van der Waals surface area contributed by atoms with Crippen LogP contribution in [0.1, 0.15) is 32.1 Å². The van der Waals surface area contributed by atoms with Crippen LogP contribution in [0.2, 0.25) is 0 Å². The highest BCUT2D eigenvalue weighted by molar-refractivity contribution is 14.0. The molecule has 9 heteroatoms. The maximum absolute atomic E-state index is 12.1. The lowest BCUT2D eigenvalue weighted by molar-refractivity contribution is -0.274. The summed E-state index contributed by atoms with van der Waals surface area (Å²) in [6, 6.07) is 5.31. The zero-order chi connectivity index (χ0) is 17.4. The van der Waals surface area contributed by atoms with Gasteiger partial charge in [0.05, 0.1) is 6.10 Å². The fourth-order valence-electron chi connectivity index (χ4n) is 2.48. The predicted octanol–water partition coefficient (Wildman–Crippen LogP) is 4.28. The molecule has 1 heterocycles. The third-order valence-electron chi connectivity index (χ3n) is 3.60. The fraction of sp³-hybridized carbons (Fsp3) is 0.562. The highest BCUT2D eigenvalue weighted by Gasteiger charge is 2.30. The van der Waals surface area contributed by atoms with E-state index < -0.39 is 6.36 Å². The third kappa shape index (κ3) is 9.15. The first-order valence-electron chi connectivity index (χ1n) is 7.97. The molecular formula is C16H23F3IN3O2. The molecule has 0 saturated carbocycles. The van der Waals surface area contributed by atoms with Crippen molar-refractivity contribution in [1.29, 1.82) is 0 Å². The fourth-order valence-corrected chi connectivity index (χ4v) is 2.48. The Kier molecular flexibility index (Phi) is 9.33. The van der Waals surface area contributed by atoms with E-state index in [-0.39, 0.29) is 35.7 Å². The number of alkyl halides is 3. The van der Waals surface area contributed by atoms with Crippen molar-refractivity contribution < 1.29 is 22.6 Å². The molecule has 0 bridgehead atoms. The zero-order valence-corrected chi connectivity index (χ0v) is 16.1. The summed E-state index contributed by atoms with van der Waals surface area (Å²) in [6.45, 7) is 1.42. The van der Waals surface area contributed by atoms with Crippen LogP contribution in [0.5, 0.6) is 5.75 Å². The minimum Gasteiger partial charge on any atom is -0.406 e. The van der Waals surface area contributed by atoms with Crippen LogP contribution in [0, 0.1) is 0 Å². The van der Waals surface area contributed by atoms with Gasteiger partial charge in [0.2, 0.25) is 0 Å². The largest absolute Gasteiger partial charge is 0.573 e. The number of nitrogens with two attached hydrogens (primary N) is 1. The molecule has 0 aliphatic carbocycles.